The van der Waals surface area contributed by atoms with Crippen LogP contribution in [0.4, 0.5) is 0 Å². The molecule has 15 heavy (non-hydrogen) atoms. The van der Waals surface area contributed by atoms with Crippen LogP contribution in [0.15, 0.2) is 18.3 Å². The van der Waals surface area contributed by atoms with Gasteiger partial charge in [0, 0.05) is 31.1 Å². The molecule has 3 rings (SSSR count). The molecule has 0 bridgehead atoms. The molecular formula is C11H14N4. The van der Waals surface area contributed by atoms with Crippen molar-refractivity contribution in [3.8, 4) is 0 Å². The lowest BCUT2D eigenvalue weighted by atomic mass is 10.0. The molecule has 1 aliphatic heterocycles. The maximum absolute atomic E-state index is 4.59. The van der Waals surface area contributed by atoms with Crippen molar-refractivity contribution in [3.63, 3.8) is 0 Å². The van der Waals surface area contributed by atoms with Gasteiger partial charge in [0.05, 0.1) is 5.69 Å². The van der Waals surface area contributed by atoms with Gasteiger partial charge in [0.25, 0.3) is 0 Å². The molecule has 1 fully saturated rings. The second kappa shape index (κ2) is 3.31. The molecule has 0 aromatic carbocycles. The molecule has 4 nitrogen and oxygen atoms in total. The molecule has 0 radical (unpaired) electrons. The predicted molar refractivity (Wildman–Crippen MR) is 58.7 cm³/mol. The van der Waals surface area contributed by atoms with Crippen molar-refractivity contribution in [3.05, 3.63) is 24.0 Å². The van der Waals surface area contributed by atoms with E-state index in [0.717, 1.165) is 18.7 Å². The summed E-state index contributed by atoms with van der Waals surface area (Å²) < 4.78 is 1.88. The molecule has 0 aliphatic carbocycles. The normalized spacial score (nSPS) is 21.3. The fourth-order valence-corrected chi connectivity index (χ4v) is 2.31. The van der Waals surface area contributed by atoms with Crippen LogP contribution in [-0.4, -0.2) is 27.9 Å². The Bertz CT molecular complexity index is 482. The Hall–Kier alpha value is -1.42. The molecule has 1 aliphatic rings. The molecule has 78 valence electrons. The van der Waals surface area contributed by atoms with E-state index in [2.05, 4.69) is 21.5 Å². The van der Waals surface area contributed by atoms with E-state index in [1.807, 2.05) is 24.0 Å². The molecule has 0 spiro atoms. The van der Waals surface area contributed by atoms with Crippen molar-refractivity contribution in [2.45, 2.75) is 12.3 Å². The summed E-state index contributed by atoms with van der Waals surface area (Å²) in [4.78, 5) is 4.35. The Labute approximate surface area is 88.3 Å². The summed E-state index contributed by atoms with van der Waals surface area (Å²) in [6.07, 6.45) is 3.00. The number of nitrogens with zero attached hydrogens (tertiary/aromatic N) is 3. The highest BCUT2D eigenvalue weighted by atomic mass is 15.3. The van der Waals surface area contributed by atoms with E-state index in [4.69, 9.17) is 0 Å². The third kappa shape index (κ3) is 1.33. The summed E-state index contributed by atoms with van der Waals surface area (Å²) in [7, 11) is 1.96. The number of aromatic nitrogens is 3. The lowest BCUT2D eigenvalue weighted by molar-refractivity contribution is 0.688. The zero-order valence-electron chi connectivity index (χ0n) is 8.77. The van der Waals surface area contributed by atoms with Crippen LogP contribution in [0.5, 0.6) is 0 Å². The van der Waals surface area contributed by atoms with Gasteiger partial charge < -0.3 is 5.32 Å². The van der Waals surface area contributed by atoms with Gasteiger partial charge in [0.15, 0.2) is 5.65 Å². The van der Waals surface area contributed by atoms with Crippen LogP contribution in [0.1, 0.15) is 18.0 Å². The number of fused-ring (bicyclic) bond motifs is 1. The Morgan fingerprint density at radius 1 is 1.53 bits per heavy atom. The highest BCUT2D eigenvalue weighted by Crippen LogP contribution is 2.27. The van der Waals surface area contributed by atoms with E-state index >= 15 is 0 Å². The Morgan fingerprint density at radius 3 is 3.27 bits per heavy atom. The van der Waals surface area contributed by atoms with Gasteiger partial charge in [-0.15, -0.1) is 0 Å². The monoisotopic (exact) mass is 202 g/mol. The maximum Gasteiger partial charge on any atom is 0.157 e. The van der Waals surface area contributed by atoms with Crippen LogP contribution in [0.2, 0.25) is 0 Å². The molecule has 0 saturated carbocycles. The third-order valence-corrected chi connectivity index (χ3v) is 3.07. The van der Waals surface area contributed by atoms with Gasteiger partial charge in [-0.3, -0.25) is 4.68 Å². The van der Waals surface area contributed by atoms with Crippen LogP contribution in [0, 0.1) is 0 Å². The van der Waals surface area contributed by atoms with Gasteiger partial charge in [0.1, 0.15) is 0 Å². The lowest BCUT2D eigenvalue weighted by Crippen LogP contribution is -2.08. The second-order valence-electron chi connectivity index (χ2n) is 4.07. The molecule has 0 amide bonds. The fourth-order valence-electron chi connectivity index (χ4n) is 2.31. The molecule has 0 unspecified atom stereocenters. The third-order valence-electron chi connectivity index (χ3n) is 3.07. The minimum atomic E-state index is 0.554. The molecule has 3 heterocycles. The number of hydrogen-bond acceptors (Lipinski definition) is 3. The standard InChI is InChI=1S/C11H14N4/c1-15-11-9(3-2-5-13-11)10(14-15)8-4-6-12-7-8/h2-3,5,8,12H,4,6-7H2,1H3/t8-/m0/s1. The molecule has 2 aromatic rings. The summed E-state index contributed by atoms with van der Waals surface area (Å²) in [5, 5.41) is 9.16. The summed E-state index contributed by atoms with van der Waals surface area (Å²) >= 11 is 0. The number of aryl methyl sites for hydroxylation is 1. The van der Waals surface area contributed by atoms with Crippen LogP contribution in [0.3, 0.4) is 0 Å². The largest absolute Gasteiger partial charge is 0.316 e. The Balaban J connectivity index is 2.17. The first-order chi connectivity index (χ1) is 7.36. The van der Waals surface area contributed by atoms with Crippen LogP contribution < -0.4 is 5.32 Å². The number of rotatable bonds is 1. The van der Waals surface area contributed by atoms with Gasteiger partial charge in [-0.2, -0.15) is 5.10 Å². The number of hydrogen-bond donors (Lipinski definition) is 1. The SMILES string of the molecule is Cn1nc([C@H]2CCNC2)c2cccnc21. The van der Waals surface area contributed by atoms with Crippen LogP contribution in [0.25, 0.3) is 11.0 Å². The highest BCUT2D eigenvalue weighted by Gasteiger charge is 2.22. The molecule has 1 atom stereocenters. The van der Waals surface area contributed by atoms with Gasteiger partial charge >= 0.3 is 0 Å². The average molecular weight is 202 g/mol. The fraction of sp³-hybridized carbons (Fsp3) is 0.455. The summed E-state index contributed by atoms with van der Waals surface area (Å²) in [6, 6.07) is 4.10. The molecule has 2 aromatic heterocycles. The minimum absolute atomic E-state index is 0.554. The molecule has 1 N–H and O–H groups in total. The van der Waals surface area contributed by atoms with E-state index in [1.165, 1.54) is 17.5 Å². The van der Waals surface area contributed by atoms with Crippen molar-refractivity contribution >= 4 is 11.0 Å². The zero-order chi connectivity index (χ0) is 10.3. The van der Waals surface area contributed by atoms with Crippen molar-refractivity contribution in [2.24, 2.45) is 7.05 Å². The minimum Gasteiger partial charge on any atom is -0.316 e. The summed E-state index contributed by atoms with van der Waals surface area (Å²) in [5.41, 5.74) is 2.19. The van der Waals surface area contributed by atoms with Gasteiger partial charge in [-0.25, -0.2) is 4.98 Å². The first kappa shape index (κ1) is 8.85. The van der Waals surface area contributed by atoms with E-state index < -0.39 is 0 Å². The van der Waals surface area contributed by atoms with E-state index in [1.54, 1.807) is 0 Å². The predicted octanol–water partition coefficient (Wildman–Crippen LogP) is 1.05. The van der Waals surface area contributed by atoms with E-state index in [9.17, 15) is 0 Å². The molecule has 4 heteroatoms. The quantitative estimate of drug-likeness (QED) is 0.751. The van der Waals surface area contributed by atoms with Crippen LogP contribution in [-0.2, 0) is 7.05 Å². The second-order valence-corrected chi connectivity index (χ2v) is 4.07. The Morgan fingerprint density at radius 2 is 2.47 bits per heavy atom. The van der Waals surface area contributed by atoms with Crippen LogP contribution >= 0.6 is 0 Å². The van der Waals surface area contributed by atoms with E-state index in [-0.39, 0.29) is 0 Å². The molecule has 1 saturated heterocycles. The summed E-state index contributed by atoms with van der Waals surface area (Å²) in [5.74, 6) is 0.554. The van der Waals surface area contributed by atoms with Crippen molar-refractivity contribution in [1.82, 2.24) is 20.1 Å². The topological polar surface area (TPSA) is 42.7 Å². The van der Waals surface area contributed by atoms with Crippen molar-refractivity contribution in [2.75, 3.05) is 13.1 Å². The first-order valence-corrected chi connectivity index (χ1v) is 5.34. The van der Waals surface area contributed by atoms with Gasteiger partial charge in [0.2, 0.25) is 0 Å². The van der Waals surface area contributed by atoms with E-state index in [0.29, 0.717) is 5.92 Å². The maximum atomic E-state index is 4.59. The van der Waals surface area contributed by atoms with Crippen molar-refractivity contribution < 1.29 is 0 Å². The average Bonchev–Trinajstić information content (AvgIpc) is 2.87. The van der Waals surface area contributed by atoms with Gasteiger partial charge in [-0.05, 0) is 25.1 Å². The summed E-state index contributed by atoms with van der Waals surface area (Å²) in [6.45, 7) is 2.14. The van der Waals surface area contributed by atoms with Gasteiger partial charge in [-0.1, -0.05) is 0 Å². The number of pyridine rings is 1. The zero-order valence-corrected chi connectivity index (χ0v) is 8.77. The first-order valence-electron chi connectivity index (χ1n) is 5.34. The lowest BCUT2D eigenvalue weighted by Gasteiger charge is -2.03. The number of nitrogens with one attached hydrogen (secondary N) is 1. The Kier molecular flexibility index (Phi) is 1.95. The highest BCUT2D eigenvalue weighted by molar-refractivity contribution is 5.78. The van der Waals surface area contributed by atoms with Crippen molar-refractivity contribution in [1.29, 1.82) is 0 Å². The molecular weight excluding hydrogens is 188 g/mol. The smallest absolute Gasteiger partial charge is 0.157 e.